The Morgan fingerprint density at radius 2 is 2.04 bits per heavy atom. The van der Waals surface area contributed by atoms with E-state index in [1.165, 1.54) is 6.07 Å². The summed E-state index contributed by atoms with van der Waals surface area (Å²) >= 11 is 0. The molecule has 0 unspecified atom stereocenters. The first-order valence-corrected chi connectivity index (χ1v) is 7.87. The van der Waals surface area contributed by atoms with Crippen molar-refractivity contribution in [1.82, 2.24) is 25.6 Å². The lowest BCUT2D eigenvalue weighted by atomic mass is 10.0. The molecule has 0 bridgehead atoms. The molecule has 1 amide bonds. The normalized spacial score (nSPS) is 16.3. The summed E-state index contributed by atoms with van der Waals surface area (Å²) in [5.74, 6) is -1.87. The van der Waals surface area contributed by atoms with Crippen LogP contribution < -0.4 is 5.32 Å². The lowest BCUT2D eigenvalue weighted by molar-refractivity contribution is 0.0903. The molecule has 0 saturated carbocycles. The molecule has 6 nitrogen and oxygen atoms in total. The molecule has 1 aliphatic heterocycles. The zero-order valence-corrected chi connectivity index (χ0v) is 13.4. The smallest absolute Gasteiger partial charge is 0.273 e. The van der Waals surface area contributed by atoms with Gasteiger partial charge < -0.3 is 5.32 Å². The highest BCUT2D eigenvalue weighted by Crippen LogP contribution is 2.16. The second kappa shape index (κ2) is 7.04. The Kier molecular flexibility index (Phi) is 4.84. The maximum atomic E-state index is 13.3. The Labute approximate surface area is 138 Å². The van der Waals surface area contributed by atoms with Crippen molar-refractivity contribution in [2.45, 2.75) is 32.4 Å². The molecule has 2 N–H and O–H groups in total. The number of nitrogens with zero attached hydrogens (tertiary/aromatic N) is 3. The Balaban J connectivity index is 1.49. The lowest BCUT2D eigenvalue weighted by Crippen LogP contribution is -2.44. The summed E-state index contributed by atoms with van der Waals surface area (Å²) in [4.78, 5) is 14.3. The van der Waals surface area contributed by atoms with Crippen molar-refractivity contribution in [3.63, 3.8) is 0 Å². The van der Waals surface area contributed by atoms with Crippen molar-refractivity contribution in [3.05, 3.63) is 46.8 Å². The summed E-state index contributed by atoms with van der Waals surface area (Å²) < 4.78 is 26.2. The number of benzene rings is 1. The zero-order valence-electron chi connectivity index (χ0n) is 13.4. The SMILES string of the molecule is Cc1n[nH]nc1C(=O)NC1CCN(Cc2ccc(F)c(F)c2)CC1. The van der Waals surface area contributed by atoms with Crippen molar-refractivity contribution in [2.75, 3.05) is 13.1 Å². The van der Waals surface area contributed by atoms with E-state index in [4.69, 9.17) is 0 Å². The first kappa shape index (κ1) is 16.5. The molecular weight excluding hydrogens is 316 g/mol. The second-order valence-corrected chi connectivity index (χ2v) is 6.03. The van der Waals surface area contributed by atoms with Crippen LogP contribution in [0.15, 0.2) is 18.2 Å². The highest BCUT2D eigenvalue weighted by Gasteiger charge is 2.23. The fraction of sp³-hybridized carbons (Fsp3) is 0.438. The Bertz CT molecular complexity index is 725. The number of halogens is 2. The number of amides is 1. The zero-order chi connectivity index (χ0) is 17.1. The van der Waals surface area contributed by atoms with Gasteiger partial charge in [-0.1, -0.05) is 6.07 Å². The van der Waals surface area contributed by atoms with E-state index in [-0.39, 0.29) is 11.9 Å². The molecule has 0 aliphatic carbocycles. The molecule has 2 aromatic rings. The number of hydrogen-bond donors (Lipinski definition) is 2. The third-order valence-electron chi connectivity index (χ3n) is 4.25. The maximum Gasteiger partial charge on any atom is 0.273 e. The maximum absolute atomic E-state index is 13.3. The van der Waals surface area contributed by atoms with E-state index in [0.717, 1.165) is 37.6 Å². The number of rotatable bonds is 4. The van der Waals surface area contributed by atoms with Crippen LogP contribution in [-0.2, 0) is 6.54 Å². The van der Waals surface area contributed by atoms with Gasteiger partial charge in [-0.2, -0.15) is 15.4 Å². The first-order chi connectivity index (χ1) is 11.5. The van der Waals surface area contributed by atoms with Crippen LogP contribution in [0.5, 0.6) is 0 Å². The fourth-order valence-corrected chi connectivity index (χ4v) is 2.88. The van der Waals surface area contributed by atoms with Gasteiger partial charge in [-0.15, -0.1) is 0 Å². The summed E-state index contributed by atoms with van der Waals surface area (Å²) in [6.45, 7) is 3.85. The van der Waals surface area contributed by atoms with Gasteiger partial charge in [-0.05, 0) is 37.5 Å². The predicted molar refractivity (Wildman–Crippen MR) is 83.2 cm³/mol. The van der Waals surface area contributed by atoms with E-state index in [1.807, 2.05) is 0 Å². The Morgan fingerprint density at radius 3 is 2.67 bits per heavy atom. The molecule has 8 heteroatoms. The van der Waals surface area contributed by atoms with E-state index >= 15 is 0 Å². The number of piperidine rings is 1. The molecule has 2 heterocycles. The van der Waals surface area contributed by atoms with Crippen LogP contribution in [0.4, 0.5) is 8.78 Å². The standard InChI is InChI=1S/C16H19F2N5O/c1-10-15(21-22-20-10)16(24)19-12-4-6-23(7-5-12)9-11-2-3-13(17)14(18)8-11/h2-3,8,12H,4-7,9H2,1H3,(H,19,24)(H,20,21,22). The van der Waals surface area contributed by atoms with Gasteiger partial charge in [0.1, 0.15) is 0 Å². The summed E-state index contributed by atoms with van der Waals surface area (Å²) in [7, 11) is 0. The quantitative estimate of drug-likeness (QED) is 0.893. The molecule has 0 radical (unpaired) electrons. The molecule has 3 rings (SSSR count). The van der Waals surface area contributed by atoms with Gasteiger partial charge in [0.2, 0.25) is 0 Å². The highest BCUT2D eigenvalue weighted by molar-refractivity contribution is 5.93. The van der Waals surface area contributed by atoms with Crippen molar-refractivity contribution in [3.8, 4) is 0 Å². The number of aromatic amines is 1. The topological polar surface area (TPSA) is 73.9 Å². The number of hydrogen-bond acceptors (Lipinski definition) is 4. The summed E-state index contributed by atoms with van der Waals surface area (Å²) in [6.07, 6.45) is 1.60. The molecule has 1 aromatic carbocycles. The molecule has 24 heavy (non-hydrogen) atoms. The van der Waals surface area contributed by atoms with Gasteiger partial charge in [-0.3, -0.25) is 9.69 Å². The number of aromatic nitrogens is 3. The van der Waals surface area contributed by atoms with Gasteiger partial charge >= 0.3 is 0 Å². The van der Waals surface area contributed by atoms with E-state index < -0.39 is 11.6 Å². The van der Waals surface area contributed by atoms with Crippen molar-refractivity contribution < 1.29 is 13.6 Å². The highest BCUT2D eigenvalue weighted by atomic mass is 19.2. The van der Waals surface area contributed by atoms with Crippen LogP contribution in [0.25, 0.3) is 0 Å². The minimum Gasteiger partial charge on any atom is -0.348 e. The summed E-state index contributed by atoms with van der Waals surface area (Å²) in [5.41, 5.74) is 1.64. The largest absolute Gasteiger partial charge is 0.348 e. The number of carbonyl (C=O) groups excluding carboxylic acids is 1. The third-order valence-corrected chi connectivity index (χ3v) is 4.25. The van der Waals surface area contributed by atoms with Crippen molar-refractivity contribution in [1.29, 1.82) is 0 Å². The lowest BCUT2D eigenvalue weighted by Gasteiger charge is -2.32. The third kappa shape index (κ3) is 3.76. The fourth-order valence-electron chi connectivity index (χ4n) is 2.88. The number of likely N-dealkylation sites (tertiary alicyclic amines) is 1. The van der Waals surface area contributed by atoms with Gasteiger partial charge in [0.15, 0.2) is 17.3 Å². The van der Waals surface area contributed by atoms with E-state index in [2.05, 4.69) is 25.6 Å². The summed E-state index contributed by atoms with van der Waals surface area (Å²) in [6, 6.07) is 4.06. The van der Waals surface area contributed by atoms with E-state index in [0.29, 0.717) is 17.9 Å². The molecule has 1 fully saturated rings. The molecule has 1 aliphatic rings. The van der Waals surface area contributed by atoms with Crippen LogP contribution in [0.3, 0.4) is 0 Å². The van der Waals surface area contributed by atoms with Gasteiger partial charge in [0, 0.05) is 25.7 Å². The molecular formula is C16H19F2N5O. The van der Waals surface area contributed by atoms with Crippen LogP contribution in [0.1, 0.15) is 34.6 Å². The molecule has 1 aromatic heterocycles. The number of H-pyrrole nitrogens is 1. The molecule has 0 atom stereocenters. The van der Waals surface area contributed by atoms with E-state index in [9.17, 15) is 13.6 Å². The number of aryl methyl sites for hydroxylation is 1. The monoisotopic (exact) mass is 335 g/mol. The van der Waals surface area contributed by atoms with Crippen molar-refractivity contribution >= 4 is 5.91 Å². The molecule has 0 spiro atoms. The predicted octanol–water partition coefficient (Wildman–Crippen LogP) is 1.79. The minimum absolute atomic E-state index is 0.0785. The van der Waals surface area contributed by atoms with Crippen LogP contribution in [0.2, 0.25) is 0 Å². The van der Waals surface area contributed by atoms with Gasteiger partial charge in [0.05, 0.1) is 5.69 Å². The van der Waals surface area contributed by atoms with Crippen LogP contribution in [0, 0.1) is 18.6 Å². The second-order valence-electron chi connectivity index (χ2n) is 6.03. The average Bonchev–Trinajstić information content (AvgIpc) is 2.99. The average molecular weight is 335 g/mol. The molecule has 1 saturated heterocycles. The molecule has 128 valence electrons. The van der Waals surface area contributed by atoms with Crippen LogP contribution >= 0.6 is 0 Å². The van der Waals surface area contributed by atoms with Gasteiger partial charge in [-0.25, -0.2) is 8.78 Å². The van der Waals surface area contributed by atoms with Gasteiger partial charge in [0.25, 0.3) is 5.91 Å². The minimum atomic E-state index is -0.830. The summed E-state index contributed by atoms with van der Waals surface area (Å²) in [5, 5.41) is 13.1. The Morgan fingerprint density at radius 1 is 1.29 bits per heavy atom. The number of nitrogens with one attached hydrogen (secondary N) is 2. The van der Waals surface area contributed by atoms with E-state index in [1.54, 1.807) is 13.0 Å². The van der Waals surface area contributed by atoms with Crippen LogP contribution in [-0.4, -0.2) is 45.3 Å². The first-order valence-electron chi connectivity index (χ1n) is 7.87. The Hall–Kier alpha value is -2.35. The number of carbonyl (C=O) groups is 1. The van der Waals surface area contributed by atoms with Crippen molar-refractivity contribution in [2.24, 2.45) is 0 Å².